The summed E-state index contributed by atoms with van der Waals surface area (Å²) in [6, 6.07) is 8.19. The number of nitrogens with zero attached hydrogens (tertiary/aromatic N) is 1. The van der Waals surface area contributed by atoms with Gasteiger partial charge in [-0.1, -0.05) is 13.3 Å². The van der Waals surface area contributed by atoms with Gasteiger partial charge in [-0.05, 0) is 12.8 Å². The van der Waals surface area contributed by atoms with Crippen LogP contribution in [-0.2, 0) is 42.2 Å². The van der Waals surface area contributed by atoms with Crippen LogP contribution in [0.2, 0.25) is 0 Å². The number of aliphatic hydroxyl groups excluding tert-OH is 1. The van der Waals surface area contributed by atoms with Gasteiger partial charge in [-0.25, -0.2) is 4.79 Å². The molecule has 0 saturated carbocycles. The van der Waals surface area contributed by atoms with Crippen molar-refractivity contribution in [3.63, 3.8) is 0 Å². The zero-order valence-electron chi connectivity index (χ0n) is 13.8. The van der Waals surface area contributed by atoms with E-state index in [1.54, 1.807) is 18.2 Å². The molecule has 1 saturated heterocycles. The second-order valence-electron chi connectivity index (χ2n) is 5.97. The summed E-state index contributed by atoms with van der Waals surface area (Å²) < 4.78 is 4.54. The minimum absolute atomic E-state index is 0. The number of benzene rings is 1. The van der Waals surface area contributed by atoms with Crippen molar-refractivity contribution in [3.8, 4) is 12.5 Å². The Morgan fingerprint density at radius 1 is 1.48 bits per heavy atom. The van der Waals surface area contributed by atoms with E-state index in [9.17, 15) is 14.7 Å². The quantitative estimate of drug-likeness (QED) is 0.542. The molecule has 1 spiro atoms. The Balaban J connectivity index is 0.00000225. The van der Waals surface area contributed by atoms with Gasteiger partial charge in [0.05, 0.1) is 5.57 Å². The van der Waals surface area contributed by atoms with Gasteiger partial charge in [0, 0.05) is 45.8 Å². The van der Waals surface area contributed by atoms with Crippen LogP contribution in [0.3, 0.4) is 0 Å². The fourth-order valence-electron chi connectivity index (χ4n) is 3.28. The van der Waals surface area contributed by atoms with Crippen LogP contribution in [0.5, 0.6) is 0 Å². The predicted octanol–water partition coefficient (Wildman–Crippen LogP) is 1.75. The normalized spacial score (nSPS) is 18.4. The molecule has 0 atom stereocenters. The van der Waals surface area contributed by atoms with E-state index in [1.165, 1.54) is 4.90 Å². The molecular formula is C18H17N2O4Y-. The molecule has 127 valence electrons. The summed E-state index contributed by atoms with van der Waals surface area (Å²) in [5.74, 6) is -0.270. The molecule has 1 fully saturated rings. The molecule has 0 aliphatic carbocycles. The van der Waals surface area contributed by atoms with E-state index < -0.39 is 11.6 Å². The van der Waals surface area contributed by atoms with Gasteiger partial charge >= 0.3 is 6.09 Å². The van der Waals surface area contributed by atoms with Gasteiger partial charge in [0.25, 0.3) is 5.91 Å². The van der Waals surface area contributed by atoms with Crippen molar-refractivity contribution in [2.75, 3.05) is 13.1 Å². The maximum atomic E-state index is 12.5. The number of rotatable bonds is 1. The van der Waals surface area contributed by atoms with Crippen molar-refractivity contribution < 1.29 is 52.1 Å². The summed E-state index contributed by atoms with van der Waals surface area (Å²) in [6.07, 6.45) is 7.02. The van der Waals surface area contributed by atoms with Crippen LogP contribution >= 0.6 is 0 Å². The van der Waals surface area contributed by atoms with E-state index >= 15 is 0 Å². The van der Waals surface area contributed by atoms with Gasteiger partial charge in [0.2, 0.25) is 0 Å². The standard InChI is InChI=1S/C18H17N2O4.Y/c1-3-24-17(23)20-10-8-18(9-11-20)15(21)14(16(22)19-18)13-7-5-4-6-12(13)2;/h1,5-7,21H,8-11H2,2H3,(H,19,22);/q-1;. The minimum atomic E-state index is -0.842. The van der Waals surface area contributed by atoms with Crippen LogP contribution in [0.25, 0.3) is 5.57 Å². The number of aliphatic hydroxyl groups is 1. The number of carbonyl (C=O) groups excluding carboxylic acids is 2. The summed E-state index contributed by atoms with van der Waals surface area (Å²) in [6.45, 7) is 2.53. The van der Waals surface area contributed by atoms with Crippen molar-refractivity contribution in [3.05, 3.63) is 41.2 Å². The van der Waals surface area contributed by atoms with E-state index in [0.717, 1.165) is 5.56 Å². The van der Waals surface area contributed by atoms with Gasteiger partial charge < -0.3 is 20.1 Å². The van der Waals surface area contributed by atoms with Gasteiger partial charge in [-0.15, -0.1) is 5.56 Å². The molecule has 0 bridgehead atoms. The van der Waals surface area contributed by atoms with Crippen LogP contribution in [-0.4, -0.2) is 40.6 Å². The molecule has 2 aliphatic rings. The topological polar surface area (TPSA) is 78.9 Å². The third kappa shape index (κ3) is 3.44. The van der Waals surface area contributed by atoms with Crippen molar-refractivity contribution in [1.82, 2.24) is 10.2 Å². The SMILES string of the molecule is C#COC(=O)N1CCC2(CC1)NC(=O)C(c1cc[c-]cc1C)=C2O.[Y]. The molecule has 25 heavy (non-hydrogen) atoms. The number of piperidine rings is 1. The zero-order chi connectivity index (χ0) is 17.3. The Labute approximate surface area is 171 Å². The fourth-order valence-corrected chi connectivity index (χ4v) is 3.28. The first-order chi connectivity index (χ1) is 11.5. The van der Waals surface area contributed by atoms with Crippen molar-refractivity contribution >= 4 is 17.6 Å². The number of nitrogens with one attached hydrogen (secondary N) is 1. The zero-order valence-corrected chi connectivity index (χ0v) is 16.7. The number of ether oxygens (including phenoxy) is 1. The monoisotopic (exact) mass is 414 g/mol. The average molecular weight is 414 g/mol. The fraction of sp³-hybridized carbons (Fsp3) is 0.333. The molecule has 0 aromatic heterocycles. The molecule has 7 heteroatoms. The Morgan fingerprint density at radius 3 is 2.76 bits per heavy atom. The van der Waals surface area contributed by atoms with Crippen LogP contribution in [0.15, 0.2) is 24.0 Å². The second-order valence-corrected chi connectivity index (χ2v) is 5.97. The predicted molar refractivity (Wildman–Crippen MR) is 86.6 cm³/mol. The Hall–Kier alpha value is -1.84. The maximum absolute atomic E-state index is 12.5. The van der Waals surface area contributed by atoms with Crippen molar-refractivity contribution in [2.24, 2.45) is 0 Å². The van der Waals surface area contributed by atoms with E-state index in [1.807, 2.05) is 13.0 Å². The number of carbonyl (C=O) groups is 2. The molecule has 1 radical (unpaired) electrons. The van der Waals surface area contributed by atoms with Crippen molar-refractivity contribution in [2.45, 2.75) is 25.3 Å². The summed E-state index contributed by atoms with van der Waals surface area (Å²) in [7, 11) is 0. The molecule has 0 unspecified atom stereocenters. The molecule has 1 aromatic carbocycles. The van der Waals surface area contributed by atoms with Gasteiger partial charge in [-0.3, -0.25) is 4.79 Å². The number of terminal acetylenes is 1. The van der Waals surface area contributed by atoms with E-state index in [4.69, 9.17) is 6.42 Å². The smallest absolute Gasteiger partial charge is 0.423 e. The van der Waals surface area contributed by atoms with Crippen LogP contribution in [0, 0.1) is 25.5 Å². The molecule has 3 rings (SSSR count). The third-order valence-corrected chi connectivity index (χ3v) is 4.63. The number of hydrogen-bond donors (Lipinski definition) is 2. The first-order valence-electron chi connectivity index (χ1n) is 7.63. The van der Waals surface area contributed by atoms with E-state index in [0.29, 0.717) is 37.1 Å². The van der Waals surface area contributed by atoms with E-state index in [2.05, 4.69) is 16.1 Å². The van der Waals surface area contributed by atoms with Crippen LogP contribution in [0.1, 0.15) is 24.0 Å². The summed E-state index contributed by atoms with van der Waals surface area (Å²) in [4.78, 5) is 25.6. The summed E-state index contributed by atoms with van der Waals surface area (Å²) >= 11 is 0. The largest absolute Gasteiger partial charge is 0.509 e. The second kappa shape index (κ2) is 7.59. The van der Waals surface area contributed by atoms with Gasteiger partial charge in [0.15, 0.2) is 0 Å². The molecular weight excluding hydrogens is 397 g/mol. The first-order valence-corrected chi connectivity index (χ1v) is 7.63. The summed E-state index contributed by atoms with van der Waals surface area (Å²) in [5, 5.41) is 13.7. The molecule has 6 nitrogen and oxygen atoms in total. The first kappa shape index (κ1) is 19.5. The molecule has 2 amide bonds. The minimum Gasteiger partial charge on any atom is -0.509 e. The Bertz CT molecular complexity index is 774. The summed E-state index contributed by atoms with van der Waals surface area (Å²) in [5.41, 5.74) is 1.00. The molecule has 2 aliphatic heterocycles. The number of amides is 2. The number of aryl methyl sites for hydroxylation is 1. The Morgan fingerprint density at radius 2 is 2.16 bits per heavy atom. The van der Waals surface area contributed by atoms with Crippen LogP contribution in [0.4, 0.5) is 4.79 Å². The van der Waals surface area contributed by atoms with Crippen molar-refractivity contribution in [1.29, 1.82) is 0 Å². The molecule has 2 heterocycles. The maximum Gasteiger partial charge on any atom is 0.423 e. The van der Waals surface area contributed by atoms with Gasteiger partial charge in [0.1, 0.15) is 17.4 Å². The third-order valence-electron chi connectivity index (χ3n) is 4.63. The molecule has 1 aromatic rings. The number of likely N-dealkylation sites (tertiary alicyclic amines) is 1. The Kier molecular flexibility index (Phi) is 5.92. The molecule has 2 N–H and O–H groups in total. The average Bonchev–Trinajstić information content (AvgIpc) is 2.80. The number of hydrogen-bond acceptors (Lipinski definition) is 4. The van der Waals surface area contributed by atoms with E-state index in [-0.39, 0.29) is 44.4 Å². The van der Waals surface area contributed by atoms with Crippen LogP contribution < -0.4 is 5.32 Å². The van der Waals surface area contributed by atoms with Gasteiger partial charge in [-0.2, -0.15) is 29.8 Å².